The van der Waals surface area contributed by atoms with Crippen LogP contribution in [-0.4, -0.2) is 295 Å². The van der Waals surface area contributed by atoms with E-state index >= 15 is 0 Å². The Balaban J connectivity index is 0.876. The van der Waals surface area contributed by atoms with Crippen molar-refractivity contribution in [2.45, 2.75) is 238 Å². The van der Waals surface area contributed by atoms with Crippen LogP contribution in [0, 0.1) is 40.4 Å². The zero-order valence-corrected chi connectivity index (χ0v) is 49.6. The van der Waals surface area contributed by atoms with Gasteiger partial charge in [0, 0.05) is 31.6 Å². The third-order valence-electron chi connectivity index (χ3n) is 21.4. The van der Waals surface area contributed by atoms with Crippen LogP contribution in [0.3, 0.4) is 0 Å². The number of carbonyl (C=O) groups excluding carboxylic acids is 2. The van der Waals surface area contributed by atoms with Gasteiger partial charge in [-0.15, -0.1) is 0 Å². The van der Waals surface area contributed by atoms with E-state index in [1.165, 1.54) is 13.8 Å². The number of hydrogen-bond acceptors (Lipinski definition) is 30. The monoisotopic (exact) mass is 1260 g/mol. The lowest BCUT2D eigenvalue weighted by Gasteiger charge is -2.61. The molecule has 3 saturated carbocycles. The van der Waals surface area contributed by atoms with E-state index in [1.54, 1.807) is 0 Å². The Morgan fingerprint density at radius 2 is 1.39 bits per heavy atom. The van der Waals surface area contributed by atoms with Crippen LogP contribution in [0.15, 0.2) is 23.8 Å². The van der Waals surface area contributed by atoms with Crippen LogP contribution in [0.25, 0.3) is 0 Å². The highest BCUT2D eigenvalue weighted by atomic mass is 16.8. The fraction of sp³-hybridized carbons (Fsp3) is 0.897. The van der Waals surface area contributed by atoms with Crippen molar-refractivity contribution in [3.8, 4) is 0 Å². The van der Waals surface area contributed by atoms with Gasteiger partial charge in [0.2, 0.25) is 5.79 Å². The summed E-state index contributed by atoms with van der Waals surface area (Å²) in [6.45, 7) is 8.50. The van der Waals surface area contributed by atoms with E-state index in [-0.39, 0.29) is 43.0 Å². The minimum absolute atomic E-state index is 0.0614. The first-order valence-electron chi connectivity index (χ1n) is 30.5. The van der Waals surface area contributed by atoms with Gasteiger partial charge in [-0.2, -0.15) is 0 Å². The fourth-order valence-corrected chi connectivity index (χ4v) is 16.7. The van der Waals surface area contributed by atoms with E-state index < -0.39 is 233 Å². The number of rotatable bonds is 15. The highest BCUT2D eigenvalue weighted by Crippen LogP contribution is 2.71. The summed E-state index contributed by atoms with van der Waals surface area (Å²) in [6.07, 6.45) is -33.6. The van der Waals surface area contributed by atoms with Gasteiger partial charge in [-0.05, 0) is 67.8 Å². The molecule has 0 unspecified atom stereocenters. The SMILES string of the molecule is C=C1CO[C@@]2(O[C@H]3C[C@H]4[C@@H]5CC=C6C[C@@H](O)C[C@@H](O[C@@H]7OC[C@H](O)[C@H](O[C@@H]8OC[C@@H](O)[C@H](O)[C@H]8O)[C@H]7O[C@@H]7O[C@@H](C)[C@H](OC(C)=O)[C@@H](O[C@@H]8OC[C@](O)(CO)[C@H]8O)[C@H]7O)[C@]6(C)[C@H]5CC[C@]4(C)[C@H]3[C@@H]2COC(C)=O)[C@@H](O)[C@H]1O[C@@H]1O[C@H](CO)[C@@H](O)[C@H](O)[C@H]1O. The van der Waals surface area contributed by atoms with E-state index in [0.717, 1.165) is 12.5 Å². The molecule has 0 bridgehead atoms. The summed E-state index contributed by atoms with van der Waals surface area (Å²) < 4.78 is 86.3. The molecule has 500 valence electrons. The van der Waals surface area contributed by atoms with Gasteiger partial charge in [0.1, 0.15) is 97.2 Å². The maximum atomic E-state index is 12.7. The molecule has 7 aliphatic heterocycles. The number of carbonyl (C=O) groups is 2. The molecular formula is C58H88O30. The van der Waals surface area contributed by atoms with E-state index in [1.807, 2.05) is 0 Å². The molecule has 0 aromatic rings. The number of ether oxygens (including phenoxy) is 14. The number of aliphatic hydroxyl groups is 14. The molecule has 30 nitrogen and oxygen atoms in total. The summed E-state index contributed by atoms with van der Waals surface area (Å²) in [5.74, 6) is -4.75. The Bertz CT molecular complexity index is 2530. The number of fused-ring (bicyclic) bond motifs is 7. The van der Waals surface area contributed by atoms with Crippen LogP contribution < -0.4 is 0 Å². The molecule has 1 spiro atoms. The first-order valence-corrected chi connectivity index (χ1v) is 30.5. The highest BCUT2D eigenvalue weighted by molar-refractivity contribution is 5.66. The number of hydrogen-bond donors (Lipinski definition) is 14. The van der Waals surface area contributed by atoms with Gasteiger partial charge < -0.3 is 138 Å². The summed E-state index contributed by atoms with van der Waals surface area (Å²) in [5.41, 5.74) is -2.43. The predicted molar refractivity (Wildman–Crippen MR) is 286 cm³/mol. The quantitative estimate of drug-likeness (QED) is 0.0538. The molecule has 88 heavy (non-hydrogen) atoms. The van der Waals surface area contributed by atoms with Gasteiger partial charge >= 0.3 is 11.9 Å². The Labute approximate surface area is 506 Å². The first kappa shape index (κ1) is 66.8. The van der Waals surface area contributed by atoms with Crippen molar-refractivity contribution in [2.75, 3.05) is 46.2 Å². The molecule has 30 heteroatoms. The van der Waals surface area contributed by atoms with Crippen LogP contribution in [0.2, 0.25) is 0 Å². The van der Waals surface area contributed by atoms with Crippen molar-refractivity contribution < 1.29 is 147 Å². The fourth-order valence-electron chi connectivity index (χ4n) is 16.7. The van der Waals surface area contributed by atoms with Crippen molar-refractivity contribution in [2.24, 2.45) is 40.4 Å². The molecule has 0 amide bonds. The van der Waals surface area contributed by atoms with Gasteiger partial charge in [0.25, 0.3) is 0 Å². The van der Waals surface area contributed by atoms with Crippen LogP contribution in [0.5, 0.6) is 0 Å². The lowest BCUT2D eigenvalue weighted by molar-refractivity contribution is -0.387. The molecule has 0 radical (unpaired) electrons. The molecule has 0 aromatic heterocycles. The van der Waals surface area contributed by atoms with Gasteiger partial charge in [-0.1, -0.05) is 32.1 Å². The van der Waals surface area contributed by atoms with E-state index in [2.05, 4.69) is 26.5 Å². The number of allylic oxidation sites excluding steroid dienone is 1. The molecule has 34 atom stereocenters. The Kier molecular flexibility index (Phi) is 19.4. The maximum absolute atomic E-state index is 12.7. The zero-order chi connectivity index (χ0) is 63.4. The molecule has 4 aliphatic carbocycles. The van der Waals surface area contributed by atoms with Crippen LogP contribution in [-0.2, 0) is 75.9 Å². The first-order chi connectivity index (χ1) is 41.6. The molecular weight excluding hydrogens is 1180 g/mol. The Hall–Kier alpha value is -2.62. The summed E-state index contributed by atoms with van der Waals surface area (Å²) in [4.78, 5) is 25.2. The van der Waals surface area contributed by atoms with Crippen molar-refractivity contribution in [1.82, 2.24) is 0 Å². The summed E-state index contributed by atoms with van der Waals surface area (Å²) >= 11 is 0. The highest BCUT2D eigenvalue weighted by Gasteiger charge is 2.74. The van der Waals surface area contributed by atoms with Crippen molar-refractivity contribution in [3.05, 3.63) is 23.8 Å². The third kappa shape index (κ3) is 11.5. The average molecular weight is 1270 g/mol. The predicted octanol–water partition coefficient (Wildman–Crippen LogP) is -5.27. The van der Waals surface area contributed by atoms with E-state index in [9.17, 15) is 81.1 Å². The van der Waals surface area contributed by atoms with Crippen LogP contribution in [0.1, 0.15) is 73.1 Å². The van der Waals surface area contributed by atoms with E-state index in [4.69, 9.17) is 66.3 Å². The molecule has 7 saturated heterocycles. The second kappa shape index (κ2) is 25.6. The minimum Gasteiger partial charge on any atom is -0.465 e. The lowest BCUT2D eigenvalue weighted by Crippen LogP contribution is -2.66. The van der Waals surface area contributed by atoms with Crippen molar-refractivity contribution in [3.63, 3.8) is 0 Å². The minimum atomic E-state index is -2.16. The van der Waals surface area contributed by atoms with Crippen molar-refractivity contribution in [1.29, 1.82) is 0 Å². The van der Waals surface area contributed by atoms with Crippen LogP contribution in [0.4, 0.5) is 0 Å². The largest absolute Gasteiger partial charge is 0.465 e. The molecule has 7 heterocycles. The lowest BCUT2D eigenvalue weighted by atomic mass is 9.46. The van der Waals surface area contributed by atoms with Crippen LogP contribution >= 0.6 is 0 Å². The van der Waals surface area contributed by atoms with E-state index in [0.29, 0.717) is 32.1 Å². The van der Waals surface area contributed by atoms with Gasteiger partial charge in [0.15, 0.2) is 37.6 Å². The third-order valence-corrected chi connectivity index (χ3v) is 21.4. The summed E-state index contributed by atoms with van der Waals surface area (Å²) in [5, 5.41) is 154. The van der Waals surface area contributed by atoms with Gasteiger partial charge in [-0.25, -0.2) is 0 Å². The standard InChI is InChI=1S/C58H88O30/c1-21-15-79-58(48(72)43(21)84-51-41(70)39(68)38(67)34(14-59)82-51)30(16-75-23(3)61)36-33(88-58)13-29-27-8-7-25-11-26(63)12-35(56(25,6)28(27)9-10-55(29,36)5)83-53-47(45(32(65)18-77-53)85-50-40(69)37(66)31(64)17-76-50)87-52-42(71)46(44(22(2)80-52)81-24(4)62)86-54-49(73)57(74,19-60)20-78-54/h7,22,26-54,59-60,63-74H,1,8-20H2,2-6H3/t22-,26+,27+,28-,29-,30-,31+,32-,33-,34+,35+,36-,37-,38+,39-,40+,41+,42+,43-,44-,45-,46-,47+,48-,49-,50-,51-,52-,53-,54-,55-,56-,57+,58-/m0/s1. The van der Waals surface area contributed by atoms with Gasteiger partial charge in [0.05, 0.1) is 76.6 Å². The number of esters is 2. The Morgan fingerprint density at radius 1 is 0.705 bits per heavy atom. The summed E-state index contributed by atoms with van der Waals surface area (Å²) in [7, 11) is 0. The normalized spacial score (nSPS) is 53.6. The number of aliphatic hydroxyl groups excluding tert-OH is 13. The zero-order valence-electron chi connectivity index (χ0n) is 49.6. The smallest absolute Gasteiger partial charge is 0.303 e. The second-order valence-electron chi connectivity index (χ2n) is 26.6. The molecule has 14 N–H and O–H groups in total. The molecule has 10 fully saturated rings. The summed E-state index contributed by atoms with van der Waals surface area (Å²) in [6, 6.07) is 0. The molecule has 0 aromatic carbocycles. The molecule has 11 rings (SSSR count). The van der Waals surface area contributed by atoms with Crippen molar-refractivity contribution >= 4 is 11.9 Å². The topological polar surface area (TPSA) is 447 Å². The molecule has 11 aliphatic rings. The second-order valence-corrected chi connectivity index (χ2v) is 26.6. The Morgan fingerprint density at radius 3 is 2.08 bits per heavy atom. The maximum Gasteiger partial charge on any atom is 0.303 e. The van der Waals surface area contributed by atoms with Gasteiger partial charge in [-0.3, -0.25) is 9.59 Å². The average Bonchev–Trinajstić information content (AvgIpc) is 1.46.